The Labute approximate surface area is 301 Å². The molecular formula is C41H64AlClN2O2. The van der Waals surface area contributed by atoms with E-state index in [1.165, 1.54) is 11.1 Å². The summed E-state index contributed by atoms with van der Waals surface area (Å²) in [4.78, 5) is 7.54. The van der Waals surface area contributed by atoms with E-state index in [2.05, 4.69) is 129 Å². The van der Waals surface area contributed by atoms with Crippen molar-refractivity contribution in [1.29, 1.82) is 0 Å². The van der Waals surface area contributed by atoms with Gasteiger partial charge in [0.05, 0.1) is 6.04 Å². The molecule has 6 heteroatoms. The number of likely N-dealkylation sites (N-methyl/N-ethyl adjacent to an activating group) is 1. The van der Waals surface area contributed by atoms with Gasteiger partial charge in [0, 0.05) is 18.8 Å². The third-order valence-electron chi connectivity index (χ3n) is 11.5. The molecule has 1 saturated carbocycles. The number of aliphatic imine (C=N–C) groups is 1. The molecule has 0 N–H and O–H groups in total. The summed E-state index contributed by atoms with van der Waals surface area (Å²) in [7, 11) is 6.71. The van der Waals surface area contributed by atoms with Crippen LogP contribution in [0.3, 0.4) is 0 Å². The van der Waals surface area contributed by atoms with Crippen LogP contribution in [-0.4, -0.2) is 45.6 Å². The van der Waals surface area contributed by atoms with E-state index in [4.69, 9.17) is 4.99 Å². The first-order valence-corrected chi connectivity index (χ1v) is 19.8. The second-order valence-corrected chi connectivity index (χ2v) is 16.6. The average molecular weight is 679 g/mol. The van der Waals surface area contributed by atoms with Gasteiger partial charge in [-0.1, -0.05) is 126 Å². The Balaban J connectivity index is 0.00000376. The summed E-state index contributed by atoms with van der Waals surface area (Å²) in [6, 6.07) is 8.89. The summed E-state index contributed by atoms with van der Waals surface area (Å²) in [6.45, 7) is 27.2. The standard InChI is InChI=1S/C41H66N2O2.Al.ClH/c1-14-40(11,15-2)32-24-30(38(5,6)7)22-28(36(32)44)26-42-34-20-18-19-21-35(34)43(13)27-29-23-31(39(8,9)10)25-33(37(29)45)41(12,16-3)17-4;;/h22-26,34-35,44-45H,14-21,27H2,1-13H3;;1H/q;+3;/p-3/t34-,35-;;/m1../s1. The Morgan fingerprint density at radius 1 is 0.745 bits per heavy atom. The van der Waals surface area contributed by atoms with Crippen molar-refractivity contribution in [2.45, 2.75) is 175 Å². The second-order valence-electron chi connectivity index (χ2n) is 16.6. The van der Waals surface area contributed by atoms with Crippen LogP contribution in [0.4, 0.5) is 0 Å². The van der Waals surface area contributed by atoms with Crippen molar-refractivity contribution in [3.05, 3.63) is 57.6 Å². The average Bonchev–Trinajstić information content (AvgIpc) is 3.04. The van der Waals surface area contributed by atoms with E-state index in [-0.39, 0.29) is 45.2 Å². The number of benzene rings is 2. The third-order valence-corrected chi connectivity index (χ3v) is 11.5. The molecule has 0 amide bonds. The van der Waals surface area contributed by atoms with Gasteiger partial charge >= 0.3 is 25.4 Å². The van der Waals surface area contributed by atoms with Gasteiger partial charge in [-0.3, -0.25) is 9.89 Å². The number of hydrogen-bond acceptors (Lipinski definition) is 4. The Kier molecular flexibility index (Phi) is 15.0. The summed E-state index contributed by atoms with van der Waals surface area (Å²) < 4.78 is 0. The summed E-state index contributed by atoms with van der Waals surface area (Å²) in [5.74, 6) is 0.324. The van der Waals surface area contributed by atoms with Crippen LogP contribution in [0.1, 0.15) is 168 Å². The van der Waals surface area contributed by atoms with Crippen molar-refractivity contribution in [2.24, 2.45) is 4.99 Å². The van der Waals surface area contributed by atoms with E-state index in [0.717, 1.165) is 68.1 Å². The van der Waals surface area contributed by atoms with Crippen molar-refractivity contribution >= 4 is 31.6 Å². The van der Waals surface area contributed by atoms with E-state index < -0.39 is 0 Å². The van der Waals surface area contributed by atoms with Crippen LogP contribution in [0.5, 0.6) is 11.5 Å². The molecule has 1 aliphatic rings. The van der Waals surface area contributed by atoms with Crippen molar-refractivity contribution in [2.75, 3.05) is 7.05 Å². The first-order valence-electron chi connectivity index (χ1n) is 18.0. The second kappa shape index (κ2) is 16.9. The van der Waals surface area contributed by atoms with Crippen molar-refractivity contribution in [1.82, 2.24) is 4.90 Å². The molecule has 0 heterocycles. The number of hydrogen-bond donors (Lipinski definition) is 0. The number of rotatable bonds is 11. The fraction of sp³-hybridized carbons (Fsp3) is 0.683. The zero-order valence-electron chi connectivity index (χ0n) is 32.1. The Bertz CT molecular complexity index is 1330. The molecule has 4 nitrogen and oxygen atoms in total. The Hall–Kier alpha value is -1.51. The van der Waals surface area contributed by atoms with Gasteiger partial charge in [-0.05, 0) is 101 Å². The molecule has 0 spiro atoms. The van der Waals surface area contributed by atoms with Gasteiger partial charge < -0.3 is 10.2 Å². The molecule has 47 heavy (non-hydrogen) atoms. The van der Waals surface area contributed by atoms with Crippen LogP contribution < -0.4 is 10.2 Å². The molecule has 2 atom stereocenters. The van der Waals surface area contributed by atoms with Gasteiger partial charge in [-0.25, -0.2) is 0 Å². The van der Waals surface area contributed by atoms with E-state index >= 15 is 0 Å². The van der Waals surface area contributed by atoms with Crippen LogP contribution in [0.2, 0.25) is 0 Å². The van der Waals surface area contributed by atoms with E-state index in [1.54, 1.807) is 0 Å². The maximum atomic E-state index is 14.0. The molecule has 1 fully saturated rings. The normalized spacial score (nSPS) is 18.1. The predicted molar refractivity (Wildman–Crippen MR) is 202 cm³/mol. The Morgan fingerprint density at radius 3 is 1.66 bits per heavy atom. The van der Waals surface area contributed by atoms with Crippen LogP contribution in [0.15, 0.2) is 29.3 Å². The summed E-state index contributed by atoms with van der Waals surface area (Å²) in [6.07, 6.45) is 9.94. The predicted octanol–water partition coefficient (Wildman–Crippen LogP) is 9.75. The van der Waals surface area contributed by atoms with Gasteiger partial charge in [-0.15, -0.1) is 5.75 Å². The monoisotopic (exact) mass is 678 g/mol. The van der Waals surface area contributed by atoms with Gasteiger partial charge in [0.15, 0.2) is 0 Å². The molecule has 0 bridgehead atoms. The fourth-order valence-electron chi connectivity index (χ4n) is 6.92. The van der Waals surface area contributed by atoms with E-state index in [0.29, 0.717) is 12.1 Å². The van der Waals surface area contributed by atoms with Crippen molar-refractivity contribution in [3.8, 4) is 11.5 Å². The van der Waals surface area contributed by atoms with Gasteiger partial charge in [-0.2, -0.15) is 0 Å². The van der Waals surface area contributed by atoms with Gasteiger partial charge in [0.1, 0.15) is 0 Å². The van der Waals surface area contributed by atoms with Crippen LogP contribution >= 0.6 is 10.0 Å². The van der Waals surface area contributed by atoms with E-state index in [9.17, 15) is 10.2 Å². The van der Waals surface area contributed by atoms with Crippen LogP contribution in [-0.2, 0) is 28.2 Å². The summed E-state index contributed by atoms with van der Waals surface area (Å²) in [5.41, 5.74) is 5.50. The van der Waals surface area contributed by atoms with Crippen LogP contribution in [0.25, 0.3) is 0 Å². The summed E-state index contributed by atoms with van der Waals surface area (Å²) >= 11 is 1.89. The zero-order valence-corrected chi connectivity index (χ0v) is 34.0. The molecular weight excluding hydrogens is 615 g/mol. The molecule has 0 aromatic heterocycles. The molecule has 0 radical (unpaired) electrons. The molecule has 0 saturated heterocycles. The van der Waals surface area contributed by atoms with E-state index in [1.807, 2.05) is 21.6 Å². The van der Waals surface area contributed by atoms with Crippen LogP contribution in [0, 0.1) is 0 Å². The van der Waals surface area contributed by atoms with Crippen molar-refractivity contribution < 1.29 is 10.2 Å². The first-order chi connectivity index (χ1) is 21.8. The molecule has 3 rings (SSSR count). The topological polar surface area (TPSA) is 61.7 Å². The minimum absolute atomic E-state index is 0.0437. The molecule has 2 aromatic carbocycles. The molecule has 0 unspecified atom stereocenters. The fourth-order valence-corrected chi connectivity index (χ4v) is 6.92. The number of halogens is 1. The molecule has 0 aliphatic heterocycles. The molecule has 2 aromatic rings. The summed E-state index contributed by atoms with van der Waals surface area (Å²) in [5, 5.41) is 28.0. The van der Waals surface area contributed by atoms with Gasteiger partial charge in [0.2, 0.25) is 0 Å². The van der Waals surface area contributed by atoms with Crippen molar-refractivity contribution in [3.63, 3.8) is 0 Å². The molecule has 1 aliphatic carbocycles. The third kappa shape index (κ3) is 9.81. The first kappa shape index (κ1) is 41.7. The minimum atomic E-state index is -0.156. The quantitative estimate of drug-likeness (QED) is 0.176. The van der Waals surface area contributed by atoms with Gasteiger partial charge in [0.25, 0.3) is 0 Å². The SMILES string of the molecule is CCC(C)(CC)c1cc(C(C)(C)C)cc(C=N[C@@H]2CCCC[C@H]2N(C)Cc2cc(C(C)(C)C)cc(C(C)(CC)CC)c2[O-])c1[O-].[Al+2][Cl]. The maximum absolute atomic E-state index is 14.0. The number of nitrogens with zero attached hydrogens (tertiary/aromatic N) is 2. The Morgan fingerprint density at radius 2 is 1.19 bits per heavy atom. The molecule has 260 valence electrons. The zero-order chi connectivity index (χ0) is 36.0.